The number of carbonyl (C=O) groups is 2. The zero-order valence-electron chi connectivity index (χ0n) is 12.4. The van der Waals surface area contributed by atoms with E-state index < -0.39 is 17.6 Å². The Kier molecular flexibility index (Phi) is 5.18. The van der Waals surface area contributed by atoms with Gasteiger partial charge < -0.3 is 13.9 Å². The first-order valence-electron chi connectivity index (χ1n) is 6.72. The molecule has 0 fully saturated rings. The van der Waals surface area contributed by atoms with Crippen molar-refractivity contribution < 1.29 is 23.5 Å². The summed E-state index contributed by atoms with van der Waals surface area (Å²) in [5.74, 6) is -1.68. The van der Waals surface area contributed by atoms with Crippen LogP contribution in [0.1, 0.15) is 33.4 Å². The molecule has 0 amide bonds. The summed E-state index contributed by atoms with van der Waals surface area (Å²) in [5, 5.41) is 0.463. The van der Waals surface area contributed by atoms with E-state index in [2.05, 4.69) is 0 Å². The van der Waals surface area contributed by atoms with Gasteiger partial charge in [0.05, 0.1) is 18.2 Å². The minimum Gasteiger partial charge on any atom is -0.462 e. The topological polar surface area (TPSA) is 82.8 Å². The summed E-state index contributed by atoms with van der Waals surface area (Å²) in [6.45, 7) is 3.17. The summed E-state index contributed by atoms with van der Waals surface area (Å²) in [5.41, 5.74) is -0.627. The molecular formula is C16H13ClO6. The van der Waals surface area contributed by atoms with Crippen LogP contribution in [-0.4, -0.2) is 18.5 Å². The number of ether oxygens (including phenoxy) is 2. The molecule has 0 radical (unpaired) electrons. The number of halogens is 1. The quantitative estimate of drug-likeness (QED) is 0.798. The standard InChI is InChI=1S/C16H13ClO6/c1-3-21-16(20)14-9(2)22-13(18)8-12(14)23-15(19)10-4-6-11(17)7-5-10/h4-8H,3H2,1-2H3. The molecule has 0 aliphatic heterocycles. The van der Waals surface area contributed by atoms with Crippen LogP contribution in [0.3, 0.4) is 0 Å². The lowest BCUT2D eigenvalue weighted by Gasteiger charge is -2.10. The van der Waals surface area contributed by atoms with Gasteiger partial charge in [-0.2, -0.15) is 0 Å². The molecule has 2 aromatic rings. The molecule has 0 atom stereocenters. The SMILES string of the molecule is CCOC(=O)c1c(OC(=O)c2ccc(Cl)cc2)cc(=O)oc1C. The maximum Gasteiger partial charge on any atom is 0.345 e. The van der Waals surface area contributed by atoms with E-state index in [0.717, 1.165) is 6.07 Å². The molecule has 6 nitrogen and oxygen atoms in total. The van der Waals surface area contributed by atoms with E-state index in [1.165, 1.54) is 31.2 Å². The highest BCUT2D eigenvalue weighted by molar-refractivity contribution is 6.30. The van der Waals surface area contributed by atoms with E-state index in [1.54, 1.807) is 6.92 Å². The van der Waals surface area contributed by atoms with Crippen molar-refractivity contribution in [1.82, 2.24) is 0 Å². The smallest absolute Gasteiger partial charge is 0.345 e. The lowest BCUT2D eigenvalue weighted by atomic mass is 10.2. The lowest BCUT2D eigenvalue weighted by Crippen LogP contribution is -2.17. The predicted octanol–water partition coefficient (Wildman–Crippen LogP) is 3.00. The summed E-state index contributed by atoms with van der Waals surface area (Å²) in [6.07, 6.45) is 0. The van der Waals surface area contributed by atoms with Gasteiger partial charge in [0.15, 0.2) is 5.75 Å². The van der Waals surface area contributed by atoms with Crippen molar-refractivity contribution in [2.24, 2.45) is 0 Å². The van der Waals surface area contributed by atoms with Crippen LogP contribution in [0.4, 0.5) is 0 Å². The van der Waals surface area contributed by atoms with Gasteiger partial charge in [0, 0.05) is 5.02 Å². The van der Waals surface area contributed by atoms with Crippen molar-refractivity contribution in [1.29, 1.82) is 0 Å². The summed E-state index contributed by atoms with van der Waals surface area (Å²) in [4.78, 5) is 35.6. The van der Waals surface area contributed by atoms with Crippen molar-refractivity contribution in [3.8, 4) is 5.75 Å². The molecular weight excluding hydrogens is 324 g/mol. The first-order valence-corrected chi connectivity index (χ1v) is 7.09. The normalized spacial score (nSPS) is 10.2. The number of benzene rings is 1. The average molecular weight is 337 g/mol. The molecule has 7 heteroatoms. The number of hydrogen-bond acceptors (Lipinski definition) is 6. The molecule has 0 N–H and O–H groups in total. The van der Waals surface area contributed by atoms with Crippen LogP contribution >= 0.6 is 11.6 Å². The van der Waals surface area contributed by atoms with Crippen LogP contribution in [0, 0.1) is 6.92 Å². The van der Waals surface area contributed by atoms with Crippen molar-refractivity contribution in [3.05, 3.63) is 62.7 Å². The van der Waals surface area contributed by atoms with Gasteiger partial charge in [-0.3, -0.25) is 0 Å². The van der Waals surface area contributed by atoms with Gasteiger partial charge in [-0.1, -0.05) is 11.6 Å². The molecule has 2 rings (SSSR count). The molecule has 1 aromatic carbocycles. The molecule has 120 valence electrons. The zero-order valence-corrected chi connectivity index (χ0v) is 13.2. The Labute approximate surface area is 136 Å². The molecule has 0 saturated heterocycles. The lowest BCUT2D eigenvalue weighted by molar-refractivity contribution is 0.0515. The maximum absolute atomic E-state index is 12.1. The van der Waals surface area contributed by atoms with Crippen molar-refractivity contribution in [2.45, 2.75) is 13.8 Å². The van der Waals surface area contributed by atoms with E-state index in [0.29, 0.717) is 5.02 Å². The summed E-state index contributed by atoms with van der Waals surface area (Å²) in [7, 11) is 0. The van der Waals surface area contributed by atoms with Gasteiger partial charge >= 0.3 is 17.6 Å². The third kappa shape index (κ3) is 3.98. The predicted molar refractivity (Wildman–Crippen MR) is 82.1 cm³/mol. The summed E-state index contributed by atoms with van der Waals surface area (Å²) >= 11 is 5.75. The highest BCUT2D eigenvalue weighted by atomic mass is 35.5. The third-order valence-electron chi connectivity index (χ3n) is 2.86. The zero-order chi connectivity index (χ0) is 17.0. The second-order valence-electron chi connectivity index (χ2n) is 4.48. The highest BCUT2D eigenvalue weighted by Gasteiger charge is 2.22. The van der Waals surface area contributed by atoms with Gasteiger partial charge in [-0.05, 0) is 38.1 Å². The van der Waals surface area contributed by atoms with Gasteiger partial charge in [-0.15, -0.1) is 0 Å². The number of carbonyl (C=O) groups excluding carboxylic acids is 2. The third-order valence-corrected chi connectivity index (χ3v) is 3.12. The highest BCUT2D eigenvalue weighted by Crippen LogP contribution is 2.22. The second-order valence-corrected chi connectivity index (χ2v) is 4.91. The van der Waals surface area contributed by atoms with E-state index >= 15 is 0 Å². The Bertz CT molecular complexity index is 791. The summed E-state index contributed by atoms with van der Waals surface area (Å²) in [6, 6.07) is 6.90. The van der Waals surface area contributed by atoms with Crippen molar-refractivity contribution in [2.75, 3.05) is 6.61 Å². The van der Waals surface area contributed by atoms with E-state index in [4.69, 9.17) is 25.5 Å². The van der Waals surface area contributed by atoms with Crippen LogP contribution in [-0.2, 0) is 4.74 Å². The maximum atomic E-state index is 12.1. The van der Waals surface area contributed by atoms with E-state index in [1.807, 2.05) is 0 Å². The van der Waals surface area contributed by atoms with Gasteiger partial charge in [0.2, 0.25) is 0 Å². The Balaban J connectivity index is 2.38. The molecule has 1 aromatic heterocycles. The largest absolute Gasteiger partial charge is 0.462 e. The van der Waals surface area contributed by atoms with Crippen molar-refractivity contribution >= 4 is 23.5 Å². The van der Waals surface area contributed by atoms with Crippen LogP contribution in [0.15, 0.2) is 39.5 Å². The number of esters is 2. The average Bonchev–Trinajstić information content (AvgIpc) is 2.47. The second kappa shape index (κ2) is 7.11. The van der Waals surface area contributed by atoms with Crippen LogP contribution in [0.25, 0.3) is 0 Å². The molecule has 0 aliphatic carbocycles. The van der Waals surface area contributed by atoms with Gasteiger partial charge in [-0.25, -0.2) is 14.4 Å². The molecule has 0 spiro atoms. The monoisotopic (exact) mass is 336 g/mol. The Morgan fingerprint density at radius 3 is 2.43 bits per heavy atom. The van der Waals surface area contributed by atoms with E-state index in [9.17, 15) is 14.4 Å². The Morgan fingerprint density at radius 1 is 1.17 bits per heavy atom. The molecule has 0 bridgehead atoms. The Morgan fingerprint density at radius 2 is 1.83 bits per heavy atom. The first kappa shape index (κ1) is 16.8. The molecule has 0 unspecified atom stereocenters. The fraction of sp³-hybridized carbons (Fsp3) is 0.188. The minimum absolute atomic E-state index is 0.00913. The van der Waals surface area contributed by atoms with E-state index in [-0.39, 0.29) is 29.2 Å². The van der Waals surface area contributed by atoms with Crippen LogP contribution < -0.4 is 10.4 Å². The number of hydrogen-bond donors (Lipinski definition) is 0. The minimum atomic E-state index is -0.743. The number of rotatable bonds is 4. The van der Waals surface area contributed by atoms with Gasteiger partial charge in [0.25, 0.3) is 0 Å². The first-order chi connectivity index (χ1) is 10.9. The fourth-order valence-electron chi connectivity index (χ4n) is 1.86. The number of aryl methyl sites for hydroxylation is 1. The molecule has 0 aliphatic rings. The van der Waals surface area contributed by atoms with Gasteiger partial charge in [0.1, 0.15) is 11.3 Å². The molecule has 1 heterocycles. The van der Waals surface area contributed by atoms with Crippen LogP contribution in [0.2, 0.25) is 5.02 Å². The Hall–Kier alpha value is -2.60. The van der Waals surface area contributed by atoms with Crippen LogP contribution in [0.5, 0.6) is 5.75 Å². The molecule has 23 heavy (non-hydrogen) atoms. The van der Waals surface area contributed by atoms with Crippen molar-refractivity contribution in [3.63, 3.8) is 0 Å². The summed E-state index contributed by atoms with van der Waals surface area (Å²) < 4.78 is 14.9. The molecule has 0 saturated carbocycles. The fourth-order valence-corrected chi connectivity index (χ4v) is 1.98.